The molecule has 1 unspecified atom stereocenters. The lowest BCUT2D eigenvalue weighted by atomic mass is 9.87. The summed E-state index contributed by atoms with van der Waals surface area (Å²) in [5, 5.41) is 15.4. The van der Waals surface area contributed by atoms with Crippen LogP contribution in [0.3, 0.4) is 0 Å². The lowest BCUT2D eigenvalue weighted by Crippen LogP contribution is -2.30. The molecular formula is C21H20N4O4. The summed E-state index contributed by atoms with van der Waals surface area (Å²) in [5.74, 6) is 0.629. The summed E-state index contributed by atoms with van der Waals surface area (Å²) in [5.41, 5.74) is 1.74. The summed E-state index contributed by atoms with van der Waals surface area (Å²) in [6.07, 6.45) is 1.99. The molecule has 0 saturated carbocycles. The normalized spacial score (nSPS) is 13.4. The number of aryl methyl sites for hydroxylation is 2. The number of nitrogens with one attached hydrogen (secondary N) is 1. The van der Waals surface area contributed by atoms with Crippen molar-refractivity contribution < 1.29 is 19.2 Å². The molecule has 3 aromatic heterocycles. The predicted octanol–water partition coefficient (Wildman–Crippen LogP) is 3.06. The van der Waals surface area contributed by atoms with Crippen LogP contribution < -0.4 is 4.74 Å². The van der Waals surface area contributed by atoms with E-state index in [4.69, 9.17) is 9.26 Å². The topological polar surface area (TPSA) is 114 Å². The molecule has 1 aromatic carbocycles. The first-order valence-corrected chi connectivity index (χ1v) is 9.18. The van der Waals surface area contributed by atoms with Crippen LogP contribution in [0.1, 0.15) is 29.6 Å². The van der Waals surface area contributed by atoms with Gasteiger partial charge in [0.25, 0.3) is 6.01 Å². The number of imidazole rings is 1. The molecule has 0 aliphatic carbocycles. The van der Waals surface area contributed by atoms with Crippen LogP contribution in [0.25, 0.3) is 22.2 Å². The fourth-order valence-electron chi connectivity index (χ4n) is 3.48. The zero-order valence-corrected chi connectivity index (χ0v) is 16.3. The first-order chi connectivity index (χ1) is 14.0. The maximum absolute atomic E-state index is 12.1. The van der Waals surface area contributed by atoms with Crippen LogP contribution in [-0.2, 0) is 10.4 Å². The van der Waals surface area contributed by atoms with E-state index in [0.717, 1.165) is 11.1 Å². The van der Waals surface area contributed by atoms with Gasteiger partial charge in [0.1, 0.15) is 5.76 Å². The van der Waals surface area contributed by atoms with Crippen LogP contribution in [0, 0.1) is 13.8 Å². The number of carbonyl (C=O) groups is 1. The number of carbonyl (C=O) groups excluding carboxylic acids is 1. The molecule has 0 bridgehead atoms. The summed E-state index contributed by atoms with van der Waals surface area (Å²) in [6, 6.07) is 8.90. The highest BCUT2D eigenvalue weighted by atomic mass is 16.5. The second kappa shape index (κ2) is 7.14. The number of rotatable bonds is 6. The standard InChI is InChI=1S/C21H20N4O4/c1-4-28-20-23-16-10-14(18-12(2)25-29-13(18)3)9-15(19(16)24-20)21(27,11-26)17-7-5-6-8-22-17/h5-11,27H,4H2,1-3H3,(H,23,24). The van der Waals surface area contributed by atoms with Crippen LogP contribution in [-0.4, -0.2) is 38.1 Å². The van der Waals surface area contributed by atoms with Gasteiger partial charge in [-0.1, -0.05) is 11.2 Å². The van der Waals surface area contributed by atoms with E-state index in [0.29, 0.717) is 47.0 Å². The second-order valence-corrected chi connectivity index (χ2v) is 6.69. The van der Waals surface area contributed by atoms with Crippen LogP contribution in [0.5, 0.6) is 6.01 Å². The van der Waals surface area contributed by atoms with E-state index in [9.17, 15) is 9.90 Å². The Morgan fingerprint density at radius 2 is 2.14 bits per heavy atom. The molecule has 4 rings (SSSR count). The molecule has 29 heavy (non-hydrogen) atoms. The number of pyridine rings is 1. The maximum Gasteiger partial charge on any atom is 0.294 e. The van der Waals surface area contributed by atoms with Gasteiger partial charge in [0, 0.05) is 17.3 Å². The van der Waals surface area contributed by atoms with Gasteiger partial charge in [-0.2, -0.15) is 4.98 Å². The molecule has 0 fully saturated rings. The fourth-order valence-corrected chi connectivity index (χ4v) is 3.48. The molecule has 0 spiro atoms. The van der Waals surface area contributed by atoms with Crippen molar-refractivity contribution in [1.82, 2.24) is 20.1 Å². The molecule has 8 nitrogen and oxygen atoms in total. The van der Waals surface area contributed by atoms with Gasteiger partial charge in [0.05, 0.1) is 29.0 Å². The Hall–Kier alpha value is -3.52. The number of aldehydes is 1. The van der Waals surface area contributed by atoms with Gasteiger partial charge >= 0.3 is 0 Å². The highest BCUT2D eigenvalue weighted by Gasteiger charge is 2.36. The number of hydrogen-bond acceptors (Lipinski definition) is 7. The summed E-state index contributed by atoms with van der Waals surface area (Å²) < 4.78 is 10.8. The Morgan fingerprint density at radius 3 is 2.76 bits per heavy atom. The van der Waals surface area contributed by atoms with Gasteiger partial charge in [-0.25, -0.2) is 0 Å². The number of aliphatic hydroxyl groups is 1. The molecule has 1 atom stereocenters. The van der Waals surface area contributed by atoms with E-state index in [1.54, 1.807) is 24.3 Å². The van der Waals surface area contributed by atoms with Crippen molar-refractivity contribution in [2.45, 2.75) is 26.4 Å². The Labute approximate surface area is 166 Å². The van der Waals surface area contributed by atoms with E-state index < -0.39 is 5.60 Å². The average Bonchev–Trinajstić information content (AvgIpc) is 3.29. The van der Waals surface area contributed by atoms with Crippen molar-refractivity contribution >= 4 is 17.3 Å². The largest absolute Gasteiger partial charge is 0.465 e. The van der Waals surface area contributed by atoms with Gasteiger partial charge in [0.15, 0.2) is 11.9 Å². The average molecular weight is 392 g/mol. The number of H-pyrrole nitrogens is 1. The molecule has 0 aliphatic heterocycles. The van der Waals surface area contributed by atoms with Crippen molar-refractivity contribution in [3.05, 3.63) is 59.2 Å². The number of hydrogen-bond donors (Lipinski definition) is 2. The summed E-state index contributed by atoms with van der Waals surface area (Å²) in [4.78, 5) is 23.9. The van der Waals surface area contributed by atoms with Crippen molar-refractivity contribution in [1.29, 1.82) is 0 Å². The molecule has 0 aliphatic rings. The minimum Gasteiger partial charge on any atom is -0.465 e. The number of aromatic amines is 1. The SMILES string of the molecule is CCOc1nc2c(C(O)(C=O)c3ccccn3)cc(-c3c(C)noc3C)cc2[nH]1. The Kier molecular flexibility index (Phi) is 4.63. The summed E-state index contributed by atoms with van der Waals surface area (Å²) in [6.45, 7) is 5.91. The second-order valence-electron chi connectivity index (χ2n) is 6.69. The van der Waals surface area contributed by atoms with Crippen molar-refractivity contribution in [2.24, 2.45) is 0 Å². The Bertz CT molecular complexity index is 1160. The number of aromatic nitrogens is 4. The third-order valence-corrected chi connectivity index (χ3v) is 4.80. The van der Waals surface area contributed by atoms with Crippen molar-refractivity contribution in [2.75, 3.05) is 6.61 Å². The quantitative estimate of drug-likeness (QED) is 0.485. The lowest BCUT2D eigenvalue weighted by Gasteiger charge is -2.22. The number of ether oxygens (including phenoxy) is 1. The number of fused-ring (bicyclic) bond motifs is 1. The fraction of sp³-hybridized carbons (Fsp3) is 0.238. The summed E-state index contributed by atoms with van der Waals surface area (Å²) >= 11 is 0. The Morgan fingerprint density at radius 1 is 1.31 bits per heavy atom. The van der Waals surface area contributed by atoms with Gasteiger partial charge in [-0.3, -0.25) is 9.78 Å². The zero-order valence-electron chi connectivity index (χ0n) is 16.3. The third-order valence-electron chi connectivity index (χ3n) is 4.80. The minimum absolute atomic E-state index is 0.202. The van der Waals surface area contributed by atoms with E-state index in [1.165, 1.54) is 6.20 Å². The molecule has 0 radical (unpaired) electrons. The molecular weight excluding hydrogens is 372 g/mol. The zero-order chi connectivity index (χ0) is 20.6. The minimum atomic E-state index is -1.99. The van der Waals surface area contributed by atoms with Gasteiger partial charge in [0.2, 0.25) is 0 Å². The smallest absolute Gasteiger partial charge is 0.294 e. The highest BCUT2D eigenvalue weighted by Crippen LogP contribution is 2.37. The monoisotopic (exact) mass is 392 g/mol. The van der Waals surface area contributed by atoms with E-state index in [-0.39, 0.29) is 5.69 Å². The third kappa shape index (κ3) is 3.07. The Balaban J connectivity index is 2.04. The van der Waals surface area contributed by atoms with E-state index in [2.05, 4.69) is 20.1 Å². The molecule has 8 heteroatoms. The van der Waals surface area contributed by atoms with Crippen molar-refractivity contribution in [3.8, 4) is 17.1 Å². The van der Waals surface area contributed by atoms with Crippen LogP contribution in [0.4, 0.5) is 0 Å². The maximum atomic E-state index is 12.1. The first-order valence-electron chi connectivity index (χ1n) is 9.18. The molecule has 148 valence electrons. The lowest BCUT2D eigenvalue weighted by molar-refractivity contribution is -0.121. The number of nitrogens with zero attached hydrogens (tertiary/aromatic N) is 3. The molecule has 3 heterocycles. The molecule has 2 N–H and O–H groups in total. The first kappa shape index (κ1) is 18.8. The van der Waals surface area contributed by atoms with Gasteiger partial charge < -0.3 is 19.4 Å². The van der Waals surface area contributed by atoms with E-state index in [1.807, 2.05) is 26.8 Å². The van der Waals surface area contributed by atoms with Gasteiger partial charge in [-0.05, 0) is 50.6 Å². The van der Waals surface area contributed by atoms with Crippen molar-refractivity contribution in [3.63, 3.8) is 0 Å². The van der Waals surface area contributed by atoms with Gasteiger partial charge in [-0.15, -0.1) is 0 Å². The van der Waals surface area contributed by atoms with Crippen LogP contribution in [0.15, 0.2) is 41.1 Å². The van der Waals surface area contributed by atoms with Crippen LogP contribution >= 0.6 is 0 Å². The summed E-state index contributed by atoms with van der Waals surface area (Å²) in [7, 11) is 0. The predicted molar refractivity (Wildman–Crippen MR) is 106 cm³/mol. The molecule has 4 aromatic rings. The highest BCUT2D eigenvalue weighted by molar-refractivity contribution is 5.91. The van der Waals surface area contributed by atoms with Crippen LogP contribution in [0.2, 0.25) is 0 Å². The van der Waals surface area contributed by atoms with E-state index >= 15 is 0 Å². The molecule has 0 amide bonds. The molecule has 0 saturated heterocycles. The number of benzene rings is 1.